The fraction of sp³-hybridized carbons (Fsp3) is 0.200. The number of hydrogen-bond acceptors (Lipinski definition) is 5. The van der Waals surface area contributed by atoms with Crippen LogP contribution >= 0.6 is 0 Å². The summed E-state index contributed by atoms with van der Waals surface area (Å²) in [6, 6.07) is 3.20. The van der Waals surface area contributed by atoms with E-state index in [1.54, 1.807) is 6.92 Å². The number of carboxylic acid groups (broad SMARTS) is 1. The number of allylic oxidation sites excluding steroid dienone is 1. The number of nitrogens with one attached hydrogen (secondary N) is 1. The maximum Gasteiger partial charge on any atom is 0.327 e. The summed E-state index contributed by atoms with van der Waals surface area (Å²) in [5, 5.41) is 15.2. The number of aliphatic carboxylic acids is 1. The van der Waals surface area contributed by atoms with Gasteiger partial charge in [0.2, 0.25) is 0 Å². The number of aryl methyl sites for hydroxylation is 1. The summed E-state index contributed by atoms with van der Waals surface area (Å²) < 4.78 is 5.83. The summed E-state index contributed by atoms with van der Waals surface area (Å²) in [4.78, 5) is 35.7. The van der Waals surface area contributed by atoms with Crippen molar-refractivity contribution in [3.8, 4) is 0 Å². The predicted octanol–water partition coefficient (Wildman–Crippen LogP) is 1.60. The second-order valence-electron chi connectivity index (χ2n) is 4.79. The zero-order chi connectivity index (χ0) is 17.0. The number of hydrogen-bond donors (Lipinski definition) is 2. The molecule has 0 radical (unpaired) electrons. The van der Waals surface area contributed by atoms with Gasteiger partial charge in [-0.25, -0.2) is 4.79 Å². The van der Waals surface area contributed by atoms with Gasteiger partial charge in [0.25, 0.3) is 11.5 Å². The monoisotopic (exact) mass is 317 g/mol. The number of carbonyl (C=O) groups excluding carboxylic acids is 1. The average molecular weight is 317 g/mol. The highest BCUT2D eigenvalue weighted by Crippen LogP contribution is 2.12. The molecule has 0 saturated carbocycles. The first-order valence-corrected chi connectivity index (χ1v) is 6.73. The number of nitrogens with zero attached hydrogens (tertiary/aromatic N) is 2. The van der Waals surface area contributed by atoms with E-state index >= 15 is 0 Å². The minimum Gasteiger partial charge on any atom is -0.480 e. The molecular weight excluding hydrogens is 302 g/mol. The smallest absolute Gasteiger partial charge is 0.327 e. The second kappa shape index (κ2) is 6.73. The van der Waals surface area contributed by atoms with E-state index in [0.29, 0.717) is 5.76 Å². The molecule has 2 aromatic heterocycles. The molecule has 0 unspecified atom stereocenters. The first kappa shape index (κ1) is 16.2. The summed E-state index contributed by atoms with van der Waals surface area (Å²) in [5.74, 6) is -1.33. The van der Waals surface area contributed by atoms with Gasteiger partial charge in [0, 0.05) is 12.3 Å². The molecule has 23 heavy (non-hydrogen) atoms. The second-order valence-corrected chi connectivity index (χ2v) is 4.79. The lowest BCUT2D eigenvalue weighted by Gasteiger charge is -2.15. The van der Waals surface area contributed by atoms with Crippen LogP contribution in [0.1, 0.15) is 28.7 Å². The van der Waals surface area contributed by atoms with Crippen molar-refractivity contribution in [1.82, 2.24) is 9.72 Å². The van der Waals surface area contributed by atoms with Crippen molar-refractivity contribution in [3.63, 3.8) is 0 Å². The Hall–Kier alpha value is -3.16. The van der Waals surface area contributed by atoms with Crippen LogP contribution in [-0.4, -0.2) is 26.7 Å². The van der Waals surface area contributed by atoms with Gasteiger partial charge < -0.3 is 14.9 Å². The third kappa shape index (κ3) is 3.54. The van der Waals surface area contributed by atoms with Crippen LogP contribution in [0.2, 0.25) is 0 Å². The number of amides is 1. The van der Waals surface area contributed by atoms with Crippen LogP contribution < -0.4 is 10.9 Å². The third-order valence-corrected chi connectivity index (χ3v) is 3.09. The van der Waals surface area contributed by atoms with E-state index < -0.39 is 23.5 Å². The van der Waals surface area contributed by atoms with E-state index in [0.717, 1.165) is 4.57 Å². The van der Waals surface area contributed by atoms with Gasteiger partial charge in [0.1, 0.15) is 17.5 Å². The van der Waals surface area contributed by atoms with Crippen LogP contribution in [0.4, 0.5) is 5.69 Å². The Labute approximate surface area is 131 Å². The zero-order valence-corrected chi connectivity index (χ0v) is 12.4. The molecule has 0 fully saturated rings. The number of anilines is 1. The van der Waals surface area contributed by atoms with Crippen molar-refractivity contribution in [1.29, 1.82) is 0 Å². The Bertz CT molecular complexity index is 805. The summed E-state index contributed by atoms with van der Waals surface area (Å²) >= 11 is 0. The normalized spacial score (nSPS) is 11.7. The molecule has 0 saturated heterocycles. The molecule has 8 nitrogen and oxygen atoms in total. The molecule has 0 aliphatic heterocycles. The topological polar surface area (TPSA) is 114 Å². The maximum absolute atomic E-state index is 12.4. The van der Waals surface area contributed by atoms with Crippen molar-refractivity contribution in [2.75, 3.05) is 5.32 Å². The van der Waals surface area contributed by atoms with Crippen molar-refractivity contribution in [3.05, 3.63) is 58.9 Å². The van der Waals surface area contributed by atoms with Gasteiger partial charge in [-0.2, -0.15) is 0 Å². The van der Waals surface area contributed by atoms with E-state index in [-0.39, 0.29) is 17.8 Å². The summed E-state index contributed by atoms with van der Waals surface area (Å²) in [6.07, 6.45) is 2.84. The molecule has 2 aromatic rings. The Balaban J connectivity index is 2.32. The molecule has 0 aliphatic rings. The summed E-state index contributed by atoms with van der Waals surface area (Å²) in [5.41, 5.74) is -0.651. The number of aromatic nitrogens is 2. The van der Waals surface area contributed by atoms with Crippen LogP contribution in [0.3, 0.4) is 0 Å². The Morgan fingerprint density at radius 3 is 2.87 bits per heavy atom. The molecule has 0 aliphatic carbocycles. The maximum atomic E-state index is 12.4. The van der Waals surface area contributed by atoms with Crippen molar-refractivity contribution < 1.29 is 19.2 Å². The molecule has 8 heteroatoms. The van der Waals surface area contributed by atoms with E-state index in [4.69, 9.17) is 4.52 Å². The van der Waals surface area contributed by atoms with E-state index in [1.807, 2.05) is 0 Å². The lowest BCUT2D eigenvalue weighted by atomic mass is 10.2. The summed E-state index contributed by atoms with van der Waals surface area (Å²) in [7, 11) is 0. The molecule has 0 bridgehead atoms. The largest absolute Gasteiger partial charge is 0.480 e. The SMILES string of the molecule is C=CC[C@H](C(=O)O)n1cccc(NC(=O)c2cc(C)on2)c1=O. The van der Waals surface area contributed by atoms with Crippen LogP contribution in [0.25, 0.3) is 0 Å². The molecule has 0 aromatic carbocycles. The van der Waals surface area contributed by atoms with E-state index in [1.165, 1.54) is 30.5 Å². The number of rotatable bonds is 6. The average Bonchev–Trinajstić information content (AvgIpc) is 2.94. The van der Waals surface area contributed by atoms with Gasteiger partial charge in [0.15, 0.2) is 5.69 Å². The minimum absolute atomic E-state index is 0.0261. The minimum atomic E-state index is -1.16. The van der Waals surface area contributed by atoms with Crippen LogP contribution in [0.15, 0.2) is 46.4 Å². The Morgan fingerprint density at radius 1 is 1.57 bits per heavy atom. The van der Waals surface area contributed by atoms with Crippen LogP contribution in [0, 0.1) is 6.92 Å². The molecular formula is C15H15N3O5. The van der Waals surface area contributed by atoms with Gasteiger partial charge in [-0.3, -0.25) is 14.2 Å². The van der Waals surface area contributed by atoms with Gasteiger partial charge in [-0.05, 0) is 25.5 Å². The standard InChI is InChI=1S/C15H15N3O5/c1-3-5-12(15(21)22)18-7-4-6-10(14(18)20)16-13(19)11-8-9(2)23-17-11/h3-4,6-8,12H,1,5H2,2H3,(H,16,19)(H,21,22)/t12-/m1/s1. The van der Waals surface area contributed by atoms with E-state index in [2.05, 4.69) is 17.1 Å². The first-order valence-electron chi connectivity index (χ1n) is 6.73. The number of carboxylic acids is 1. The third-order valence-electron chi connectivity index (χ3n) is 3.09. The van der Waals surface area contributed by atoms with Crippen molar-refractivity contribution >= 4 is 17.6 Å². The van der Waals surface area contributed by atoms with Crippen molar-refractivity contribution in [2.45, 2.75) is 19.4 Å². The zero-order valence-electron chi connectivity index (χ0n) is 12.4. The van der Waals surface area contributed by atoms with E-state index in [9.17, 15) is 19.5 Å². The predicted molar refractivity (Wildman–Crippen MR) is 81.4 cm³/mol. The number of carbonyl (C=O) groups is 2. The summed E-state index contributed by atoms with van der Waals surface area (Å²) in [6.45, 7) is 5.11. The lowest BCUT2D eigenvalue weighted by Crippen LogP contribution is -2.31. The molecule has 1 atom stereocenters. The molecule has 0 spiro atoms. The lowest BCUT2D eigenvalue weighted by molar-refractivity contribution is -0.140. The molecule has 1 amide bonds. The fourth-order valence-electron chi connectivity index (χ4n) is 2.00. The Kier molecular flexibility index (Phi) is 4.75. The van der Waals surface area contributed by atoms with Crippen molar-refractivity contribution in [2.24, 2.45) is 0 Å². The number of pyridine rings is 1. The van der Waals surface area contributed by atoms with Gasteiger partial charge in [-0.1, -0.05) is 11.2 Å². The first-order chi connectivity index (χ1) is 10.9. The highest BCUT2D eigenvalue weighted by molar-refractivity contribution is 6.02. The Morgan fingerprint density at radius 2 is 2.30 bits per heavy atom. The van der Waals surface area contributed by atoms with Gasteiger partial charge in [-0.15, -0.1) is 6.58 Å². The van der Waals surface area contributed by atoms with Gasteiger partial charge in [0.05, 0.1) is 0 Å². The highest BCUT2D eigenvalue weighted by Gasteiger charge is 2.21. The molecule has 2 N–H and O–H groups in total. The molecule has 2 heterocycles. The quantitative estimate of drug-likeness (QED) is 0.782. The van der Waals surface area contributed by atoms with Gasteiger partial charge >= 0.3 is 5.97 Å². The fourth-order valence-corrected chi connectivity index (χ4v) is 2.00. The van der Waals surface area contributed by atoms with Crippen LogP contribution in [0.5, 0.6) is 0 Å². The highest BCUT2D eigenvalue weighted by atomic mass is 16.5. The van der Waals surface area contributed by atoms with Crippen LogP contribution in [-0.2, 0) is 4.79 Å². The molecule has 120 valence electrons. The molecule has 2 rings (SSSR count).